The standard InChI is InChI=1S/C18H22BrN/c1-5-20-18(15-8-13(3)9-16(19)11-15)17-10-12(2)6-7-14(17)4/h6-11,18,20H,5H2,1-4H3. The Hall–Kier alpha value is -1.12. The summed E-state index contributed by atoms with van der Waals surface area (Å²) in [5, 5.41) is 3.62. The lowest BCUT2D eigenvalue weighted by molar-refractivity contribution is 0.626. The average molecular weight is 332 g/mol. The van der Waals surface area contributed by atoms with Gasteiger partial charge in [-0.15, -0.1) is 0 Å². The van der Waals surface area contributed by atoms with E-state index in [1.54, 1.807) is 0 Å². The van der Waals surface area contributed by atoms with Crippen molar-refractivity contribution >= 4 is 15.9 Å². The highest BCUT2D eigenvalue weighted by molar-refractivity contribution is 9.10. The summed E-state index contributed by atoms with van der Waals surface area (Å²) in [5.41, 5.74) is 6.60. The fourth-order valence-corrected chi connectivity index (χ4v) is 3.24. The summed E-state index contributed by atoms with van der Waals surface area (Å²) >= 11 is 3.61. The van der Waals surface area contributed by atoms with Gasteiger partial charge in [0.05, 0.1) is 6.04 Å². The van der Waals surface area contributed by atoms with Crippen LogP contribution in [0.2, 0.25) is 0 Å². The van der Waals surface area contributed by atoms with E-state index in [0.717, 1.165) is 11.0 Å². The smallest absolute Gasteiger partial charge is 0.0579 e. The second kappa shape index (κ2) is 6.55. The molecule has 1 unspecified atom stereocenters. The summed E-state index contributed by atoms with van der Waals surface area (Å²) in [5.74, 6) is 0. The predicted octanol–water partition coefficient (Wildman–Crippen LogP) is 5.07. The van der Waals surface area contributed by atoms with Crippen LogP contribution in [0.15, 0.2) is 40.9 Å². The van der Waals surface area contributed by atoms with Crippen molar-refractivity contribution < 1.29 is 0 Å². The monoisotopic (exact) mass is 331 g/mol. The van der Waals surface area contributed by atoms with Gasteiger partial charge >= 0.3 is 0 Å². The molecule has 0 saturated heterocycles. The highest BCUT2D eigenvalue weighted by atomic mass is 79.9. The second-order valence-corrected chi connectivity index (χ2v) is 6.33. The summed E-state index contributed by atoms with van der Waals surface area (Å²) in [4.78, 5) is 0. The molecular formula is C18H22BrN. The van der Waals surface area contributed by atoms with Gasteiger partial charge in [0.25, 0.3) is 0 Å². The van der Waals surface area contributed by atoms with Crippen molar-refractivity contribution in [3.05, 3.63) is 68.7 Å². The largest absolute Gasteiger partial charge is 0.307 e. The van der Waals surface area contributed by atoms with Gasteiger partial charge in [-0.25, -0.2) is 0 Å². The van der Waals surface area contributed by atoms with Gasteiger partial charge in [-0.1, -0.05) is 52.7 Å². The lowest BCUT2D eigenvalue weighted by atomic mass is 9.93. The first-order chi connectivity index (χ1) is 9.51. The van der Waals surface area contributed by atoms with Crippen molar-refractivity contribution in [3.63, 3.8) is 0 Å². The summed E-state index contributed by atoms with van der Waals surface area (Å²) in [6.07, 6.45) is 0. The predicted molar refractivity (Wildman–Crippen MR) is 90.3 cm³/mol. The molecule has 0 aliphatic heterocycles. The number of aryl methyl sites for hydroxylation is 3. The fourth-order valence-electron chi connectivity index (χ4n) is 2.61. The maximum atomic E-state index is 3.62. The van der Waals surface area contributed by atoms with Crippen LogP contribution in [0.5, 0.6) is 0 Å². The molecule has 2 heteroatoms. The molecule has 1 atom stereocenters. The van der Waals surface area contributed by atoms with E-state index in [9.17, 15) is 0 Å². The summed E-state index contributed by atoms with van der Waals surface area (Å²) < 4.78 is 1.14. The molecule has 0 saturated carbocycles. The van der Waals surface area contributed by atoms with E-state index in [0.29, 0.717) is 0 Å². The molecule has 0 bridgehead atoms. The highest BCUT2D eigenvalue weighted by Gasteiger charge is 2.16. The Morgan fingerprint density at radius 3 is 2.40 bits per heavy atom. The summed E-state index contributed by atoms with van der Waals surface area (Å²) in [6, 6.07) is 13.5. The molecule has 0 amide bonds. The van der Waals surface area contributed by atoms with Crippen LogP contribution in [0.4, 0.5) is 0 Å². The topological polar surface area (TPSA) is 12.0 Å². The van der Waals surface area contributed by atoms with Crippen molar-refractivity contribution in [1.29, 1.82) is 0 Å². The van der Waals surface area contributed by atoms with Gasteiger partial charge in [-0.05, 0) is 61.7 Å². The molecule has 2 rings (SSSR count). The maximum Gasteiger partial charge on any atom is 0.0579 e. The average Bonchev–Trinajstić information content (AvgIpc) is 2.38. The van der Waals surface area contributed by atoms with Crippen LogP contribution < -0.4 is 5.32 Å². The van der Waals surface area contributed by atoms with Crippen molar-refractivity contribution in [3.8, 4) is 0 Å². The SMILES string of the molecule is CCNC(c1cc(C)cc(Br)c1)c1cc(C)ccc1C. The third-order valence-corrected chi connectivity index (χ3v) is 4.01. The van der Waals surface area contributed by atoms with E-state index in [2.05, 4.69) is 85.3 Å². The zero-order valence-electron chi connectivity index (χ0n) is 12.6. The van der Waals surface area contributed by atoms with Crippen molar-refractivity contribution in [1.82, 2.24) is 5.32 Å². The van der Waals surface area contributed by atoms with Gasteiger partial charge in [0.2, 0.25) is 0 Å². The molecule has 0 fully saturated rings. The first kappa shape index (κ1) is 15.3. The van der Waals surface area contributed by atoms with Gasteiger partial charge in [0.1, 0.15) is 0 Å². The quantitative estimate of drug-likeness (QED) is 0.824. The Morgan fingerprint density at radius 2 is 1.75 bits per heavy atom. The molecule has 0 aromatic heterocycles. The van der Waals surface area contributed by atoms with E-state index in [4.69, 9.17) is 0 Å². The Balaban J connectivity index is 2.52. The van der Waals surface area contributed by atoms with Gasteiger partial charge in [-0.3, -0.25) is 0 Å². The lowest BCUT2D eigenvalue weighted by Gasteiger charge is -2.22. The minimum absolute atomic E-state index is 0.246. The molecule has 0 aliphatic rings. The number of hydrogen-bond acceptors (Lipinski definition) is 1. The van der Waals surface area contributed by atoms with Gasteiger partial charge in [0, 0.05) is 4.47 Å². The van der Waals surface area contributed by atoms with Crippen LogP contribution in [0, 0.1) is 20.8 Å². The third kappa shape index (κ3) is 3.50. The molecule has 20 heavy (non-hydrogen) atoms. The number of benzene rings is 2. The van der Waals surface area contributed by atoms with Crippen molar-refractivity contribution in [2.24, 2.45) is 0 Å². The summed E-state index contributed by atoms with van der Waals surface area (Å²) in [7, 11) is 0. The van der Waals surface area contributed by atoms with Crippen LogP contribution in [-0.4, -0.2) is 6.54 Å². The van der Waals surface area contributed by atoms with Gasteiger partial charge in [0.15, 0.2) is 0 Å². The number of rotatable bonds is 4. The molecule has 0 aliphatic carbocycles. The Morgan fingerprint density at radius 1 is 1.00 bits per heavy atom. The molecule has 0 heterocycles. The summed E-state index contributed by atoms with van der Waals surface area (Å²) in [6.45, 7) is 9.58. The highest BCUT2D eigenvalue weighted by Crippen LogP contribution is 2.28. The molecular weight excluding hydrogens is 310 g/mol. The van der Waals surface area contributed by atoms with E-state index < -0.39 is 0 Å². The first-order valence-corrected chi connectivity index (χ1v) is 7.88. The first-order valence-electron chi connectivity index (χ1n) is 7.09. The number of nitrogens with one attached hydrogen (secondary N) is 1. The molecule has 2 aromatic carbocycles. The molecule has 2 aromatic rings. The van der Waals surface area contributed by atoms with Crippen molar-refractivity contribution in [2.45, 2.75) is 33.7 Å². The van der Waals surface area contributed by atoms with E-state index in [-0.39, 0.29) is 6.04 Å². The lowest BCUT2D eigenvalue weighted by Crippen LogP contribution is -2.23. The number of halogens is 1. The minimum Gasteiger partial charge on any atom is -0.307 e. The maximum absolute atomic E-state index is 3.62. The number of hydrogen-bond donors (Lipinski definition) is 1. The Labute approximate surface area is 130 Å². The molecule has 106 valence electrons. The molecule has 0 spiro atoms. The van der Waals surface area contributed by atoms with Crippen LogP contribution in [0.3, 0.4) is 0 Å². The van der Waals surface area contributed by atoms with E-state index in [1.807, 2.05) is 0 Å². The zero-order valence-corrected chi connectivity index (χ0v) is 14.2. The van der Waals surface area contributed by atoms with Crippen molar-refractivity contribution in [2.75, 3.05) is 6.54 Å². The normalized spacial score (nSPS) is 12.4. The van der Waals surface area contributed by atoms with Gasteiger partial charge in [-0.2, -0.15) is 0 Å². The fraction of sp³-hybridized carbons (Fsp3) is 0.333. The van der Waals surface area contributed by atoms with Crippen LogP contribution in [0.1, 0.15) is 40.8 Å². The third-order valence-electron chi connectivity index (χ3n) is 3.55. The van der Waals surface area contributed by atoms with E-state index in [1.165, 1.54) is 27.8 Å². The zero-order chi connectivity index (χ0) is 14.7. The van der Waals surface area contributed by atoms with Crippen LogP contribution >= 0.6 is 15.9 Å². The molecule has 1 N–H and O–H groups in total. The molecule has 0 radical (unpaired) electrons. The minimum atomic E-state index is 0.246. The van der Waals surface area contributed by atoms with Crippen LogP contribution in [0.25, 0.3) is 0 Å². The molecule has 1 nitrogen and oxygen atoms in total. The Kier molecular flexibility index (Phi) is 5.00. The Bertz CT molecular complexity index is 584. The van der Waals surface area contributed by atoms with E-state index >= 15 is 0 Å². The second-order valence-electron chi connectivity index (χ2n) is 5.41. The van der Waals surface area contributed by atoms with Gasteiger partial charge < -0.3 is 5.32 Å². The van der Waals surface area contributed by atoms with Crippen LogP contribution in [-0.2, 0) is 0 Å².